The number of halogens is 3. The van der Waals surface area contributed by atoms with Crippen molar-refractivity contribution >= 4 is 73.7 Å². The Balaban J connectivity index is 0.00000128. The summed E-state index contributed by atoms with van der Waals surface area (Å²) in [5, 5.41) is 24.8. The number of rotatable bonds is 0. The number of ether oxygens (including phenoxy) is 2. The summed E-state index contributed by atoms with van der Waals surface area (Å²) < 4.78 is 13.4. The first-order valence-electron chi connectivity index (χ1n) is 8.06. The van der Waals surface area contributed by atoms with Crippen molar-refractivity contribution in [3.05, 3.63) is 75.4 Å². The second-order valence-electron chi connectivity index (χ2n) is 6.35. The molecule has 10 heteroatoms. The van der Waals surface area contributed by atoms with Gasteiger partial charge < -0.3 is 19.7 Å². The molecular formula is C20H7I3Na2O5. The van der Waals surface area contributed by atoms with Crippen LogP contribution in [0, 0.1) is 10.7 Å². The topological polar surface area (TPSA) is 81.7 Å². The summed E-state index contributed by atoms with van der Waals surface area (Å²) in [5.41, 5.74) is 1.02. The first-order chi connectivity index (χ1) is 13.4. The van der Waals surface area contributed by atoms with Gasteiger partial charge in [0.2, 0.25) is 0 Å². The van der Waals surface area contributed by atoms with E-state index >= 15 is 0 Å². The van der Waals surface area contributed by atoms with E-state index in [1.165, 1.54) is 6.07 Å². The minimum absolute atomic E-state index is 0. The summed E-state index contributed by atoms with van der Waals surface area (Å²) in [6.45, 7) is 0. The van der Waals surface area contributed by atoms with Crippen molar-refractivity contribution in [1.82, 2.24) is 0 Å². The molecule has 5 nitrogen and oxygen atoms in total. The average molecular weight is 754 g/mol. The van der Waals surface area contributed by atoms with Gasteiger partial charge in [0.25, 0.3) is 0 Å². The number of carbonyl (C=O) groups is 1. The van der Waals surface area contributed by atoms with Crippen LogP contribution in [0.15, 0.2) is 42.5 Å². The third-order valence-electron chi connectivity index (χ3n) is 4.93. The number of hydrogen-bond donors (Lipinski definition) is 0. The molecule has 1 spiro atoms. The van der Waals surface area contributed by atoms with Crippen LogP contribution in [-0.4, -0.2) is 5.97 Å². The summed E-state index contributed by atoms with van der Waals surface area (Å²) in [4.78, 5) is 12.8. The quantitative estimate of drug-likeness (QED) is 0.154. The zero-order chi connectivity index (χ0) is 19.8. The number of fused-ring (bicyclic) bond motifs is 6. The predicted octanol–water partition coefficient (Wildman–Crippen LogP) is -1.78. The van der Waals surface area contributed by atoms with Gasteiger partial charge in [-0.25, -0.2) is 4.79 Å². The second-order valence-corrected chi connectivity index (χ2v) is 9.67. The van der Waals surface area contributed by atoms with Gasteiger partial charge in [0, 0.05) is 27.4 Å². The number of hydrogen-bond acceptors (Lipinski definition) is 5. The van der Waals surface area contributed by atoms with Crippen LogP contribution in [0.4, 0.5) is 0 Å². The number of carbonyl (C=O) groups excluding carboxylic acids is 1. The maximum absolute atomic E-state index is 12.8. The van der Waals surface area contributed by atoms with E-state index < -0.39 is 11.6 Å². The van der Waals surface area contributed by atoms with Crippen molar-refractivity contribution in [2.75, 3.05) is 0 Å². The van der Waals surface area contributed by atoms with Crippen molar-refractivity contribution in [2.24, 2.45) is 0 Å². The molecule has 3 aromatic rings. The Morgan fingerprint density at radius 1 is 0.833 bits per heavy atom. The second kappa shape index (κ2) is 9.16. The van der Waals surface area contributed by atoms with Crippen LogP contribution in [0.25, 0.3) is 0 Å². The smallest absolute Gasteiger partial charge is 0.872 e. The molecule has 2 aliphatic heterocycles. The summed E-state index contributed by atoms with van der Waals surface area (Å²) in [7, 11) is 0. The fraction of sp³-hybridized carbons (Fsp3) is 0.0500. The van der Waals surface area contributed by atoms with E-state index in [1.807, 2.05) is 79.9 Å². The van der Waals surface area contributed by atoms with E-state index in [0.717, 1.165) is 0 Å². The van der Waals surface area contributed by atoms with Gasteiger partial charge in [-0.3, -0.25) is 0 Å². The fourth-order valence-electron chi connectivity index (χ4n) is 3.72. The normalized spacial score (nSPS) is 17.6. The Morgan fingerprint density at radius 3 is 2.23 bits per heavy atom. The Labute approximate surface area is 257 Å². The van der Waals surface area contributed by atoms with Gasteiger partial charge in [-0.1, -0.05) is 41.8 Å². The van der Waals surface area contributed by atoms with Crippen LogP contribution in [-0.2, 0) is 10.3 Å². The molecule has 1 unspecified atom stereocenters. The molecule has 0 saturated carbocycles. The number of benzene rings is 3. The molecule has 3 aromatic carbocycles. The van der Waals surface area contributed by atoms with Crippen molar-refractivity contribution in [3.8, 4) is 23.0 Å². The Kier molecular flexibility index (Phi) is 7.74. The van der Waals surface area contributed by atoms with Gasteiger partial charge >= 0.3 is 65.1 Å². The molecule has 0 amide bonds. The van der Waals surface area contributed by atoms with Crippen LogP contribution >= 0.6 is 67.8 Å². The third kappa shape index (κ3) is 3.47. The maximum Gasteiger partial charge on any atom is 1.00 e. The van der Waals surface area contributed by atoms with Crippen LogP contribution in [0.5, 0.6) is 23.0 Å². The van der Waals surface area contributed by atoms with Crippen LogP contribution < -0.4 is 74.1 Å². The molecule has 0 aromatic heterocycles. The molecule has 2 aliphatic rings. The van der Waals surface area contributed by atoms with Crippen LogP contribution in [0.1, 0.15) is 27.0 Å². The average Bonchev–Trinajstić information content (AvgIpc) is 2.98. The van der Waals surface area contributed by atoms with E-state index in [0.29, 0.717) is 44.5 Å². The summed E-state index contributed by atoms with van der Waals surface area (Å²) >= 11 is 5.85. The predicted molar refractivity (Wildman–Crippen MR) is 122 cm³/mol. The summed E-state index contributed by atoms with van der Waals surface area (Å²) in [6.07, 6.45) is 0. The molecule has 0 radical (unpaired) electrons. The first kappa shape index (κ1) is 25.3. The standard InChI is InChI=1S/C20H9I3O5.2Na/c21-12-7-11-18(15(23)16(12)25)27-17-10(5-6-13(24)14(17)22)20(11)9-4-2-1-3-8(9)19(26)28-20;;/h1-7,24-25H;;/q;2*+1/p-2. The monoisotopic (exact) mass is 754 g/mol. The third-order valence-corrected chi connectivity index (χ3v) is 7.73. The molecule has 0 saturated heterocycles. The van der Waals surface area contributed by atoms with Gasteiger partial charge in [0.15, 0.2) is 5.60 Å². The molecule has 1 atom stereocenters. The van der Waals surface area contributed by atoms with Gasteiger partial charge in [-0.2, -0.15) is 0 Å². The summed E-state index contributed by atoms with van der Waals surface area (Å²) in [5.74, 6) is -0.162. The van der Waals surface area contributed by atoms with Crippen molar-refractivity contribution < 1.29 is 83.6 Å². The van der Waals surface area contributed by atoms with E-state index in [2.05, 4.69) is 0 Å². The zero-order valence-corrected chi connectivity index (χ0v) is 26.2. The van der Waals surface area contributed by atoms with Crippen LogP contribution in [0.3, 0.4) is 0 Å². The minimum Gasteiger partial charge on any atom is -0.872 e. The van der Waals surface area contributed by atoms with E-state index in [1.54, 1.807) is 24.3 Å². The number of esters is 1. The van der Waals surface area contributed by atoms with E-state index in [4.69, 9.17) is 9.47 Å². The molecule has 0 bridgehead atoms. The summed E-state index contributed by atoms with van der Waals surface area (Å²) in [6, 6.07) is 12.0. The SMILES string of the molecule is O=C1OC2(c3ccccc31)c1ccc([O-])c(I)c1Oc1c2cc(I)c([O-])c1I.[Na+].[Na+]. The van der Waals surface area contributed by atoms with Crippen molar-refractivity contribution in [1.29, 1.82) is 0 Å². The molecule has 5 rings (SSSR count). The van der Waals surface area contributed by atoms with Gasteiger partial charge in [-0.15, -0.1) is 0 Å². The Hall–Kier alpha value is 0.720. The van der Waals surface area contributed by atoms with Crippen molar-refractivity contribution in [2.45, 2.75) is 5.60 Å². The van der Waals surface area contributed by atoms with Crippen molar-refractivity contribution in [3.63, 3.8) is 0 Å². The van der Waals surface area contributed by atoms with Gasteiger partial charge in [-0.05, 0) is 79.9 Å². The molecule has 0 fully saturated rings. The molecule has 140 valence electrons. The van der Waals surface area contributed by atoms with E-state index in [9.17, 15) is 15.0 Å². The molecule has 30 heavy (non-hydrogen) atoms. The van der Waals surface area contributed by atoms with Gasteiger partial charge in [0.05, 0.1) is 5.56 Å². The Morgan fingerprint density at radius 2 is 1.50 bits per heavy atom. The zero-order valence-electron chi connectivity index (χ0n) is 15.7. The largest absolute Gasteiger partial charge is 1.00 e. The van der Waals surface area contributed by atoms with Crippen LogP contribution in [0.2, 0.25) is 0 Å². The fourth-order valence-corrected chi connectivity index (χ4v) is 6.09. The molecular weight excluding hydrogens is 747 g/mol. The van der Waals surface area contributed by atoms with E-state index in [-0.39, 0.29) is 70.6 Å². The minimum atomic E-state index is -1.27. The van der Waals surface area contributed by atoms with Gasteiger partial charge in [0.1, 0.15) is 11.5 Å². The molecule has 0 N–H and O–H groups in total. The maximum atomic E-state index is 12.8. The Bertz CT molecular complexity index is 1220. The molecule has 0 aliphatic carbocycles. The first-order valence-corrected chi connectivity index (χ1v) is 11.3. The molecule has 2 heterocycles.